The minimum absolute atomic E-state index is 0.121. The minimum Gasteiger partial charge on any atom is -0.494 e. The second-order valence-electron chi connectivity index (χ2n) is 4.44. The molecule has 1 rings (SSSR count). The van der Waals surface area contributed by atoms with Gasteiger partial charge in [0, 0.05) is 17.7 Å². The molecule has 2 amide bonds. The maximum Gasteiger partial charge on any atom is 0.238 e. The minimum atomic E-state index is -0.395. The summed E-state index contributed by atoms with van der Waals surface area (Å²) in [6.45, 7) is 3.58. The second-order valence-corrected chi connectivity index (χ2v) is 4.44. The lowest BCUT2D eigenvalue weighted by atomic mass is 10.2. The molecule has 0 fully saturated rings. The fraction of sp³-hybridized carbons (Fsp3) is 0.357. The van der Waals surface area contributed by atoms with E-state index < -0.39 is 5.91 Å². The molecule has 1 aromatic carbocycles. The van der Waals surface area contributed by atoms with Crippen LogP contribution in [-0.4, -0.2) is 18.9 Å². The van der Waals surface area contributed by atoms with Gasteiger partial charge in [-0.05, 0) is 12.1 Å². The number of amides is 2. The quantitative estimate of drug-likeness (QED) is 0.861. The molecule has 2 N–H and O–H groups in total. The van der Waals surface area contributed by atoms with E-state index in [0.717, 1.165) is 0 Å². The number of nitrogens with zero attached hydrogens (tertiary/aromatic N) is 1. The normalized spacial score (nSPS) is 9.75. The fourth-order valence-corrected chi connectivity index (χ4v) is 1.43. The first-order valence-corrected chi connectivity index (χ1v) is 6.13. The van der Waals surface area contributed by atoms with Crippen LogP contribution in [-0.2, 0) is 9.59 Å². The highest BCUT2D eigenvalue weighted by atomic mass is 16.5. The van der Waals surface area contributed by atoms with Crippen LogP contribution in [0.1, 0.15) is 20.3 Å². The van der Waals surface area contributed by atoms with E-state index in [0.29, 0.717) is 17.1 Å². The van der Waals surface area contributed by atoms with Gasteiger partial charge in [-0.2, -0.15) is 5.26 Å². The summed E-state index contributed by atoms with van der Waals surface area (Å²) in [6.07, 6.45) is -0.214. The van der Waals surface area contributed by atoms with Gasteiger partial charge in [-0.15, -0.1) is 0 Å². The molecule has 0 unspecified atom stereocenters. The van der Waals surface area contributed by atoms with E-state index in [2.05, 4.69) is 10.6 Å². The Morgan fingerprint density at radius 2 is 2.05 bits per heavy atom. The highest BCUT2D eigenvalue weighted by Crippen LogP contribution is 2.28. The third-order valence-corrected chi connectivity index (χ3v) is 2.51. The number of nitrogens with one attached hydrogen (secondary N) is 2. The molecular weight excluding hydrogens is 258 g/mol. The lowest BCUT2D eigenvalue weighted by Crippen LogP contribution is -2.18. The molecule has 6 heteroatoms. The van der Waals surface area contributed by atoms with Gasteiger partial charge in [0.25, 0.3) is 0 Å². The van der Waals surface area contributed by atoms with E-state index in [-0.39, 0.29) is 18.2 Å². The van der Waals surface area contributed by atoms with E-state index >= 15 is 0 Å². The average molecular weight is 275 g/mol. The fourth-order valence-electron chi connectivity index (χ4n) is 1.43. The molecule has 0 saturated heterocycles. The Hall–Kier alpha value is -2.55. The molecule has 0 aliphatic rings. The molecule has 0 saturated carbocycles. The van der Waals surface area contributed by atoms with Crippen molar-refractivity contribution in [3.05, 3.63) is 18.2 Å². The average Bonchev–Trinajstić information content (AvgIpc) is 2.40. The summed E-state index contributed by atoms with van der Waals surface area (Å²) in [5, 5.41) is 13.7. The van der Waals surface area contributed by atoms with Gasteiger partial charge in [0.1, 0.15) is 12.2 Å². The topological polar surface area (TPSA) is 91.2 Å². The number of anilines is 2. The van der Waals surface area contributed by atoms with Crippen LogP contribution in [0.25, 0.3) is 0 Å². The van der Waals surface area contributed by atoms with Crippen molar-refractivity contribution in [1.29, 1.82) is 5.26 Å². The van der Waals surface area contributed by atoms with Gasteiger partial charge < -0.3 is 15.4 Å². The predicted molar refractivity (Wildman–Crippen MR) is 75.3 cm³/mol. The number of nitriles is 1. The van der Waals surface area contributed by atoms with Gasteiger partial charge in [-0.25, -0.2) is 0 Å². The van der Waals surface area contributed by atoms with Gasteiger partial charge in [0.2, 0.25) is 11.8 Å². The first-order valence-electron chi connectivity index (χ1n) is 6.13. The SMILES string of the molecule is COc1cc(NC(=O)CC#N)ccc1NC(=O)C(C)C. The Labute approximate surface area is 117 Å². The van der Waals surface area contributed by atoms with Crippen molar-refractivity contribution in [3.8, 4) is 11.8 Å². The lowest BCUT2D eigenvalue weighted by Gasteiger charge is -2.13. The molecule has 20 heavy (non-hydrogen) atoms. The molecule has 106 valence electrons. The van der Waals surface area contributed by atoms with Gasteiger partial charge in [0.05, 0.1) is 18.9 Å². The molecule has 0 spiro atoms. The zero-order chi connectivity index (χ0) is 15.1. The molecule has 0 aliphatic carbocycles. The Bertz CT molecular complexity index is 547. The van der Waals surface area contributed by atoms with Crippen LogP contribution in [0.4, 0.5) is 11.4 Å². The molecule has 6 nitrogen and oxygen atoms in total. The van der Waals surface area contributed by atoms with Crippen LogP contribution >= 0.6 is 0 Å². The smallest absolute Gasteiger partial charge is 0.238 e. The van der Waals surface area contributed by atoms with E-state index in [9.17, 15) is 9.59 Å². The van der Waals surface area contributed by atoms with Gasteiger partial charge in [0.15, 0.2) is 0 Å². The summed E-state index contributed by atoms with van der Waals surface area (Å²) >= 11 is 0. The molecule has 0 aliphatic heterocycles. The maximum atomic E-state index is 11.7. The number of rotatable bonds is 5. The van der Waals surface area contributed by atoms with E-state index in [1.54, 1.807) is 38.1 Å². The van der Waals surface area contributed by atoms with Crippen molar-refractivity contribution in [2.45, 2.75) is 20.3 Å². The first kappa shape index (κ1) is 15.5. The van der Waals surface area contributed by atoms with Crippen molar-refractivity contribution in [2.24, 2.45) is 5.92 Å². The number of benzene rings is 1. The van der Waals surface area contributed by atoms with E-state index in [1.165, 1.54) is 7.11 Å². The highest BCUT2D eigenvalue weighted by molar-refractivity contribution is 5.95. The molecule has 1 aromatic rings. The number of ether oxygens (including phenoxy) is 1. The Kier molecular flexibility index (Phi) is 5.54. The summed E-state index contributed by atoms with van der Waals surface area (Å²) < 4.78 is 5.18. The van der Waals surface area contributed by atoms with Crippen molar-refractivity contribution in [1.82, 2.24) is 0 Å². The first-order chi connectivity index (χ1) is 9.47. The van der Waals surface area contributed by atoms with Crippen LogP contribution in [0.2, 0.25) is 0 Å². The number of hydrogen-bond acceptors (Lipinski definition) is 4. The monoisotopic (exact) mass is 275 g/mol. The summed E-state index contributed by atoms with van der Waals surface area (Å²) in [4.78, 5) is 23.0. The highest BCUT2D eigenvalue weighted by Gasteiger charge is 2.12. The van der Waals surface area contributed by atoms with Crippen molar-refractivity contribution in [3.63, 3.8) is 0 Å². The Balaban J connectivity index is 2.88. The van der Waals surface area contributed by atoms with Crippen LogP contribution in [0.15, 0.2) is 18.2 Å². The van der Waals surface area contributed by atoms with Gasteiger partial charge in [-0.3, -0.25) is 9.59 Å². The third kappa shape index (κ3) is 4.28. The van der Waals surface area contributed by atoms with Gasteiger partial charge >= 0.3 is 0 Å². The van der Waals surface area contributed by atoms with E-state index in [1.807, 2.05) is 0 Å². The summed E-state index contributed by atoms with van der Waals surface area (Å²) in [7, 11) is 1.47. The molecule has 0 aromatic heterocycles. The van der Waals surface area contributed by atoms with Crippen LogP contribution in [0.5, 0.6) is 5.75 Å². The lowest BCUT2D eigenvalue weighted by molar-refractivity contribution is -0.119. The number of hydrogen-bond donors (Lipinski definition) is 2. The van der Waals surface area contributed by atoms with E-state index in [4.69, 9.17) is 10.00 Å². The Morgan fingerprint density at radius 3 is 2.60 bits per heavy atom. The van der Waals surface area contributed by atoms with Crippen LogP contribution in [0, 0.1) is 17.2 Å². The summed E-state index contributed by atoms with van der Waals surface area (Å²) in [5.41, 5.74) is 1.04. The summed E-state index contributed by atoms with van der Waals surface area (Å²) in [5.74, 6) is -0.221. The number of carbonyl (C=O) groups excluding carboxylic acids is 2. The number of carbonyl (C=O) groups is 2. The Morgan fingerprint density at radius 1 is 1.35 bits per heavy atom. The van der Waals surface area contributed by atoms with Crippen LogP contribution < -0.4 is 15.4 Å². The van der Waals surface area contributed by atoms with Crippen molar-refractivity contribution < 1.29 is 14.3 Å². The predicted octanol–water partition coefficient (Wildman–Crippen LogP) is 2.14. The second kappa shape index (κ2) is 7.14. The van der Waals surface area contributed by atoms with Crippen molar-refractivity contribution in [2.75, 3.05) is 17.7 Å². The van der Waals surface area contributed by atoms with Crippen molar-refractivity contribution >= 4 is 23.2 Å². The molecule has 0 bridgehead atoms. The summed E-state index contributed by atoms with van der Waals surface area (Å²) in [6, 6.07) is 6.63. The zero-order valence-corrected chi connectivity index (χ0v) is 11.7. The number of methoxy groups -OCH3 is 1. The molecule has 0 atom stereocenters. The zero-order valence-electron chi connectivity index (χ0n) is 11.7. The standard InChI is InChI=1S/C14H17N3O3/c1-9(2)14(19)17-11-5-4-10(8-12(11)20-3)16-13(18)6-7-15/h4-5,8-9H,6H2,1-3H3,(H,16,18)(H,17,19). The molecule has 0 radical (unpaired) electrons. The third-order valence-electron chi connectivity index (χ3n) is 2.51. The molecular formula is C14H17N3O3. The molecule has 0 heterocycles. The van der Waals surface area contributed by atoms with Crippen LogP contribution in [0.3, 0.4) is 0 Å². The maximum absolute atomic E-state index is 11.7. The largest absolute Gasteiger partial charge is 0.494 e. The van der Waals surface area contributed by atoms with Gasteiger partial charge in [-0.1, -0.05) is 13.8 Å².